The van der Waals surface area contributed by atoms with Gasteiger partial charge in [-0.1, -0.05) is 6.42 Å². The number of thiophene rings is 1. The van der Waals surface area contributed by atoms with E-state index in [1.165, 1.54) is 5.56 Å². The fourth-order valence-corrected chi connectivity index (χ4v) is 3.62. The zero-order valence-corrected chi connectivity index (χ0v) is 11.6. The number of rotatable bonds is 4. The van der Waals surface area contributed by atoms with Crippen molar-refractivity contribution < 1.29 is 13.2 Å². The molecule has 0 aliphatic heterocycles. The van der Waals surface area contributed by atoms with Crippen LogP contribution in [0.3, 0.4) is 0 Å². The summed E-state index contributed by atoms with van der Waals surface area (Å²) in [5, 5.41) is 4.09. The van der Waals surface area contributed by atoms with Crippen LogP contribution in [-0.2, 0) is 6.42 Å². The van der Waals surface area contributed by atoms with Gasteiger partial charge in [0.05, 0.1) is 5.92 Å². The third-order valence-electron chi connectivity index (χ3n) is 4.13. The first-order valence-corrected chi connectivity index (χ1v) is 7.74. The highest BCUT2D eigenvalue weighted by molar-refractivity contribution is 7.07. The predicted octanol–water partition coefficient (Wildman–Crippen LogP) is 4.38. The van der Waals surface area contributed by atoms with E-state index in [9.17, 15) is 13.2 Å². The Balaban J connectivity index is 1.83. The van der Waals surface area contributed by atoms with E-state index in [1.54, 1.807) is 11.3 Å². The van der Waals surface area contributed by atoms with Crippen LogP contribution >= 0.6 is 11.3 Å². The van der Waals surface area contributed by atoms with Crippen LogP contribution in [0.2, 0.25) is 0 Å². The third-order valence-corrected chi connectivity index (χ3v) is 4.86. The van der Waals surface area contributed by atoms with Crippen molar-refractivity contribution in [2.45, 2.75) is 50.7 Å². The molecule has 1 saturated carbocycles. The number of hydrogen-bond acceptors (Lipinski definition) is 2. The second kappa shape index (κ2) is 6.27. The van der Waals surface area contributed by atoms with Crippen LogP contribution in [0.15, 0.2) is 16.8 Å². The maximum atomic E-state index is 12.7. The lowest BCUT2D eigenvalue weighted by Gasteiger charge is -2.33. The molecule has 0 saturated heterocycles. The molecule has 1 aliphatic rings. The molecule has 108 valence electrons. The van der Waals surface area contributed by atoms with Gasteiger partial charge in [0.25, 0.3) is 0 Å². The third kappa shape index (κ3) is 4.21. The van der Waals surface area contributed by atoms with Crippen LogP contribution in [0.5, 0.6) is 0 Å². The van der Waals surface area contributed by atoms with Crippen LogP contribution < -0.4 is 5.73 Å². The number of halogens is 3. The van der Waals surface area contributed by atoms with Gasteiger partial charge < -0.3 is 5.73 Å². The van der Waals surface area contributed by atoms with Crippen LogP contribution in [0.4, 0.5) is 13.2 Å². The van der Waals surface area contributed by atoms with Gasteiger partial charge in [-0.2, -0.15) is 24.5 Å². The SMILES string of the molecule is NC(CCc1ccsc1)C1CCCC(C(F)(F)F)C1. The number of hydrogen-bond donors (Lipinski definition) is 1. The van der Waals surface area contributed by atoms with Gasteiger partial charge in [-0.3, -0.25) is 0 Å². The van der Waals surface area contributed by atoms with Crippen molar-refractivity contribution in [2.24, 2.45) is 17.6 Å². The molecule has 1 heterocycles. The first-order valence-electron chi connectivity index (χ1n) is 6.80. The van der Waals surface area contributed by atoms with E-state index in [-0.39, 0.29) is 24.8 Å². The van der Waals surface area contributed by atoms with E-state index in [1.807, 2.05) is 5.38 Å². The zero-order valence-electron chi connectivity index (χ0n) is 10.8. The summed E-state index contributed by atoms with van der Waals surface area (Å²) in [4.78, 5) is 0. The smallest absolute Gasteiger partial charge is 0.327 e. The van der Waals surface area contributed by atoms with Gasteiger partial charge in [-0.05, 0) is 60.4 Å². The Hall–Kier alpha value is -0.550. The highest BCUT2D eigenvalue weighted by Gasteiger charge is 2.42. The summed E-state index contributed by atoms with van der Waals surface area (Å²) in [5.74, 6) is -1.11. The molecule has 1 nitrogen and oxygen atoms in total. The van der Waals surface area contributed by atoms with Crippen molar-refractivity contribution in [1.82, 2.24) is 0 Å². The summed E-state index contributed by atoms with van der Waals surface area (Å²) in [5.41, 5.74) is 7.35. The fraction of sp³-hybridized carbons (Fsp3) is 0.714. The van der Waals surface area contributed by atoms with Gasteiger partial charge in [0, 0.05) is 6.04 Å². The molecular weight excluding hydrogens is 271 g/mol. The van der Waals surface area contributed by atoms with Gasteiger partial charge in [0.2, 0.25) is 0 Å². The summed E-state index contributed by atoms with van der Waals surface area (Å²) >= 11 is 1.64. The van der Waals surface area contributed by atoms with Crippen molar-refractivity contribution in [3.8, 4) is 0 Å². The number of alkyl halides is 3. The Labute approximate surface area is 116 Å². The summed E-state index contributed by atoms with van der Waals surface area (Å²) in [7, 11) is 0. The Bertz CT molecular complexity index is 375. The lowest BCUT2D eigenvalue weighted by molar-refractivity contribution is -0.186. The number of nitrogens with two attached hydrogens (primary N) is 1. The monoisotopic (exact) mass is 291 g/mol. The van der Waals surface area contributed by atoms with E-state index < -0.39 is 12.1 Å². The average Bonchev–Trinajstić information content (AvgIpc) is 2.88. The summed E-state index contributed by atoms with van der Waals surface area (Å²) in [6.07, 6.45) is -0.403. The van der Waals surface area contributed by atoms with E-state index in [2.05, 4.69) is 11.4 Å². The van der Waals surface area contributed by atoms with Crippen molar-refractivity contribution in [1.29, 1.82) is 0 Å². The van der Waals surface area contributed by atoms with E-state index in [4.69, 9.17) is 5.73 Å². The van der Waals surface area contributed by atoms with E-state index in [0.717, 1.165) is 19.3 Å². The molecule has 19 heavy (non-hydrogen) atoms. The van der Waals surface area contributed by atoms with Crippen LogP contribution in [0.25, 0.3) is 0 Å². The molecule has 1 fully saturated rings. The topological polar surface area (TPSA) is 26.0 Å². The molecule has 0 radical (unpaired) electrons. The minimum atomic E-state index is -4.05. The van der Waals surface area contributed by atoms with Gasteiger partial charge in [-0.25, -0.2) is 0 Å². The average molecular weight is 291 g/mol. The maximum absolute atomic E-state index is 12.7. The second-order valence-electron chi connectivity index (χ2n) is 5.50. The first-order chi connectivity index (χ1) is 8.97. The molecule has 0 spiro atoms. The van der Waals surface area contributed by atoms with Gasteiger partial charge in [0.1, 0.15) is 0 Å². The van der Waals surface area contributed by atoms with Crippen molar-refractivity contribution in [3.63, 3.8) is 0 Å². The van der Waals surface area contributed by atoms with Crippen molar-refractivity contribution in [3.05, 3.63) is 22.4 Å². The second-order valence-corrected chi connectivity index (χ2v) is 6.28. The molecule has 1 aliphatic carbocycles. The van der Waals surface area contributed by atoms with Crippen molar-refractivity contribution in [2.75, 3.05) is 0 Å². The Morgan fingerprint density at radius 1 is 1.37 bits per heavy atom. The quantitative estimate of drug-likeness (QED) is 0.875. The summed E-state index contributed by atoms with van der Waals surface area (Å²) < 4.78 is 38.2. The Kier molecular flexibility index (Phi) is 4.90. The molecule has 1 aromatic heterocycles. The van der Waals surface area contributed by atoms with Gasteiger partial charge in [0.15, 0.2) is 0 Å². The summed E-state index contributed by atoms with van der Waals surface area (Å²) in [6.45, 7) is 0. The maximum Gasteiger partial charge on any atom is 0.391 e. The van der Waals surface area contributed by atoms with E-state index in [0.29, 0.717) is 6.42 Å². The van der Waals surface area contributed by atoms with Crippen LogP contribution in [0, 0.1) is 11.8 Å². The molecule has 3 unspecified atom stereocenters. The lowest BCUT2D eigenvalue weighted by Crippen LogP contribution is -2.37. The predicted molar refractivity (Wildman–Crippen MR) is 72.1 cm³/mol. The molecular formula is C14H20F3NS. The van der Waals surface area contributed by atoms with Gasteiger partial charge in [-0.15, -0.1) is 0 Å². The highest BCUT2D eigenvalue weighted by atomic mass is 32.1. The molecule has 0 bridgehead atoms. The van der Waals surface area contributed by atoms with Crippen LogP contribution in [-0.4, -0.2) is 12.2 Å². The number of aryl methyl sites for hydroxylation is 1. The van der Waals surface area contributed by atoms with E-state index >= 15 is 0 Å². The van der Waals surface area contributed by atoms with Crippen molar-refractivity contribution >= 4 is 11.3 Å². The zero-order chi connectivity index (χ0) is 13.9. The summed E-state index contributed by atoms with van der Waals surface area (Å²) in [6, 6.07) is 1.95. The highest BCUT2D eigenvalue weighted by Crippen LogP contribution is 2.41. The Morgan fingerprint density at radius 2 is 2.16 bits per heavy atom. The molecule has 0 amide bonds. The molecule has 5 heteroatoms. The lowest BCUT2D eigenvalue weighted by atomic mass is 9.76. The van der Waals surface area contributed by atoms with Gasteiger partial charge >= 0.3 is 6.18 Å². The molecule has 2 N–H and O–H groups in total. The normalized spacial score (nSPS) is 26.3. The molecule has 2 rings (SSSR count). The molecule has 3 atom stereocenters. The van der Waals surface area contributed by atoms with Crippen LogP contribution in [0.1, 0.15) is 37.7 Å². The minimum Gasteiger partial charge on any atom is -0.327 e. The molecule has 1 aromatic rings. The Morgan fingerprint density at radius 3 is 2.79 bits per heavy atom. The minimum absolute atomic E-state index is 0.0269. The largest absolute Gasteiger partial charge is 0.391 e. The first kappa shape index (κ1) is 14.9. The molecule has 0 aromatic carbocycles. The standard InChI is InChI=1S/C14H20F3NS/c15-14(16,17)12-3-1-2-11(8-12)13(18)5-4-10-6-7-19-9-10/h6-7,9,11-13H,1-5,8,18H2. The fourth-order valence-electron chi connectivity index (χ4n) is 2.92.